The zero-order valence-corrected chi connectivity index (χ0v) is 15.3. The highest BCUT2D eigenvalue weighted by atomic mass is 32.2. The van der Waals surface area contributed by atoms with Gasteiger partial charge < -0.3 is 4.52 Å². The largest absolute Gasteiger partial charge is 0.355 e. The molecule has 0 aliphatic carbocycles. The van der Waals surface area contributed by atoms with Crippen LogP contribution in [-0.2, 0) is 16.6 Å². The second-order valence-corrected chi connectivity index (χ2v) is 8.61. The van der Waals surface area contributed by atoms with Crippen LogP contribution < -0.4 is 4.72 Å². The van der Waals surface area contributed by atoms with Gasteiger partial charge in [0.25, 0.3) is 0 Å². The zero-order valence-electron chi connectivity index (χ0n) is 13.7. The summed E-state index contributed by atoms with van der Waals surface area (Å²) < 4.78 is 33.2. The van der Waals surface area contributed by atoms with Gasteiger partial charge in [0.2, 0.25) is 10.0 Å². The van der Waals surface area contributed by atoms with Crippen molar-refractivity contribution in [2.24, 2.45) is 0 Å². The Bertz CT molecular complexity index is 971. The monoisotopic (exact) mass is 362 g/mol. The minimum atomic E-state index is -3.59. The third kappa shape index (κ3) is 3.43. The summed E-state index contributed by atoms with van der Waals surface area (Å²) in [4.78, 5) is 1.76. The molecule has 0 saturated carbocycles. The number of nitrogens with one attached hydrogen (secondary N) is 1. The molecule has 0 spiro atoms. The highest BCUT2D eigenvalue weighted by Crippen LogP contribution is 2.33. The van der Waals surface area contributed by atoms with Gasteiger partial charge in [-0.3, -0.25) is 0 Å². The quantitative estimate of drug-likeness (QED) is 0.749. The zero-order chi connectivity index (χ0) is 17.3. The van der Waals surface area contributed by atoms with Gasteiger partial charge in [0, 0.05) is 17.5 Å². The van der Waals surface area contributed by atoms with Crippen LogP contribution in [-0.4, -0.2) is 13.6 Å². The first-order valence-corrected chi connectivity index (χ1v) is 9.75. The highest BCUT2D eigenvalue weighted by Gasteiger charge is 2.21. The molecule has 7 heteroatoms. The van der Waals surface area contributed by atoms with E-state index in [1.165, 1.54) is 11.3 Å². The Morgan fingerprint density at radius 2 is 1.92 bits per heavy atom. The Labute approximate surface area is 145 Å². The van der Waals surface area contributed by atoms with Gasteiger partial charge in [-0.2, -0.15) is 0 Å². The molecule has 0 atom stereocenters. The third-order valence-electron chi connectivity index (χ3n) is 3.75. The number of thiophene rings is 1. The van der Waals surface area contributed by atoms with Crippen LogP contribution in [0.3, 0.4) is 0 Å². The van der Waals surface area contributed by atoms with Gasteiger partial charge >= 0.3 is 0 Å². The average molecular weight is 362 g/mol. The topological polar surface area (TPSA) is 72.2 Å². The number of hydrogen-bond acceptors (Lipinski definition) is 5. The molecule has 2 aromatic heterocycles. The molecule has 5 nitrogen and oxygen atoms in total. The van der Waals surface area contributed by atoms with Gasteiger partial charge in [-0.05, 0) is 38.0 Å². The lowest BCUT2D eigenvalue weighted by Crippen LogP contribution is -2.23. The molecule has 0 saturated heterocycles. The summed E-state index contributed by atoms with van der Waals surface area (Å²) in [7, 11) is -3.59. The molecule has 0 aliphatic heterocycles. The molecular weight excluding hydrogens is 344 g/mol. The standard InChI is InChI=1S/C17H18N2O3S2/c1-11-6-4-5-7-14(11)10-18-24(20,21)17-9-16(23-13(17)3)15-8-12(2)19-22-15/h4-9,18H,10H2,1-3H3. The van der Waals surface area contributed by atoms with Gasteiger partial charge in [0.1, 0.15) is 0 Å². The Balaban J connectivity index is 1.85. The molecule has 3 aromatic rings. The van der Waals surface area contributed by atoms with E-state index in [0.29, 0.717) is 5.76 Å². The predicted molar refractivity (Wildman–Crippen MR) is 94.5 cm³/mol. The fourth-order valence-corrected chi connectivity index (χ4v) is 4.94. The molecular formula is C17H18N2O3S2. The van der Waals surface area contributed by atoms with Crippen LogP contribution in [0.25, 0.3) is 10.6 Å². The van der Waals surface area contributed by atoms with Gasteiger partial charge in [0.15, 0.2) is 5.76 Å². The number of hydrogen-bond donors (Lipinski definition) is 1. The third-order valence-corrected chi connectivity index (χ3v) is 6.47. The lowest BCUT2D eigenvalue weighted by Gasteiger charge is -2.08. The van der Waals surface area contributed by atoms with E-state index in [4.69, 9.17) is 4.52 Å². The molecule has 1 N–H and O–H groups in total. The summed E-state index contributed by atoms with van der Waals surface area (Å²) in [5, 5.41) is 3.85. The lowest BCUT2D eigenvalue weighted by atomic mass is 10.1. The van der Waals surface area contributed by atoms with Crippen molar-refractivity contribution >= 4 is 21.4 Å². The SMILES string of the molecule is Cc1cc(-c2cc(S(=O)(=O)NCc3ccccc3C)c(C)s2)on1. The van der Waals surface area contributed by atoms with Crippen molar-refractivity contribution in [1.29, 1.82) is 0 Å². The number of benzene rings is 1. The van der Waals surface area contributed by atoms with Crippen LogP contribution in [0.4, 0.5) is 0 Å². The number of sulfonamides is 1. The maximum Gasteiger partial charge on any atom is 0.241 e. The molecule has 0 amide bonds. The van der Waals surface area contributed by atoms with Crippen molar-refractivity contribution in [2.75, 3.05) is 0 Å². The number of aromatic nitrogens is 1. The Morgan fingerprint density at radius 3 is 2.58 bits per heavy atom. The van der Waals surface area contributed by atoms with Crippen molar-refractivity contribution in [2.45, 2.75) is 32.2 Å². The second kappa shape index (κ2) is 6.51. The van der Waals surface area contributed by atoms with Crippen LogP contribution >= 0.6 is 11.3 Å². The van der Waals surface area contributed by atoms with Gasteiger partial charge in [-0.1, -0.05) is 29.4 Å². The van der Waals surface area contributed by atoms with E-state index in [-0.39, 0.29) is 11.4 Å². The molecule has 24 heavy (non-hydrogen) atoms. The summed E-state index contributed by atoms with van der Waals surface area (Å²) >= 11 is 1.38. The van der Waals surface area contributed by atoms with Gasteiger partial charge in [-0.25, -0.2) is 13.1 Å². The maximum absolute atomic E-state index is 12.6. The van der Waals surface area contributed by atoms with Crippen molar-refractivity contribution < 1.29 is 12.9 Å². The number of aryl methyl sites for hydroxylation is 3. The number of rotatable bonds is 5. The van der Waals surface area contributed by atoms with Gasteiger partial charge in [-0.15, -0.1) is 11.3 Å². The summed E-state index contributed by atoms with van der Waals surface area (Å²) in [5.41, 5.74) is 2.78. The maximum atomic E-state index is 12.6. The Kier molecular flexibility index (Phi) is 4.58. The Hall–Kier alpha value is -1.96. The normalized spacial score (nSPS) is 11.8. The smallest absolute Gasteiger partial charge is 0.241 e. The molecule has 0 aliphatic rings. The van der Waals surface area contributed by atoms with Crippen molar-refractivity contribution in [3.63, 3.8) is 0 Å². The van der Waals surface area contributed by atoms with Crippen molar-refractivity contribution in [3.8, 4) is 10.6 Å². The molecule has 126 valence electrons. The molecule has 0 fully saturated rings. The minimum Gasteiger partial charge on any atom is -0.355 e. The first-order valence-electron chi connectivity index (χ1n) is 7.45. The van der Waals surface area contributed by atoms with E-state index in [1.807, 2.05) is 38.1 Å². The van der Waals surface area contributed by atoms with E-state index < -0.39 is 10.0 Å². The van der Waals surface area contributed by atoms with Crippen LogP contribution in [0.2, 0.25) is 0 Å². The minimum absolute atomic E-state index is 0.265. The van der Waals surface area contributed by atoms with E-state index in [9.17, 15) is 8.42 Å². The second-order valence-electron chi connectivity index (χ2n) is 5.61. The highest BCUT2D eigenvalue weighted by molar-refractivity contribution is 7.89. The molecule has 2 heterocycles. The van der Waals surface area contributed by atoms with E-state index in [2.05, 4.69) is 9.88 Å². The predicted octanol–water partition coefficient (Wildman–Crippen LogP) is 3.81. The fourth-order valence-electron chi connectivity index (χ4n) is 2.39. The van der Waals surface area contributed by atoms with Crippen LogP contribution in [0, 0.1) is 20.8 Å². The first kappa shape index (κ1) is 16.9. The number of nitrogens with zero attached hydrogens (tertiary/aromatic N) is 1. The van der Waals surface area contributed by atoms with E-state index >= 15 is 0 Å². The van der Waals surface area contributed by atoms with Crippen LogP contribution in [0.15, 0.2) is 45.8 Å². The molecule has 1 aromatic carbocycles. The van der Waals surface area contributed by atoms with Crippen molar-refractivity contribution in [1.82, 2.24) is 9.88 Å². The van der Waals surface area contributed by atoms with Crippen molar-refractivity contribution in [3.05, 3.63) is 58.1 Å². The van der Waals surface area contributed by atoms with Crippen LogP contribution in [0.5, 0.6) is 0 Å². The Morgan fingerprint density at radius 1 is 1.17 bits per heavy atom. The average Bonchev–Trinajstić information content (AvgIpc) is 3.13. The summed E-state index contributed by atoms with van der Waals surface area (Å²) in [6.45, 7) is 5.85. The molecule has 0 unspecified atom stereocenters. The molecule has 0 radical (unpaired) electrons. The van der Waals surface area contributed by atoms with Gasteiger partial charge in [0.05, 0.1) is 15.5 Å². The van der Waals surface area contributed by atoms with Crippen LogP contribution in [0.1, 0.15) is 21.7 Å². The molecule has 3 rings (SSSR count). The summed E-state index contributed by atoms with van der Waals surface area (Å²) in [6, 6.07) is 11.1. The van der Waals surface area contributed by atoms with E-state index in [1.54, 1.807) is 19.1 Å². The fraction of sp³-hybridized carbons (Fsp3) is 0.235. The summed E-state index contributed by atoms with van der Waals surface area (Å²) in [5.74, 6) is 0.584. The van der Waals surface area contributed by atoms with E-state index in [0.717, 1.165) is 26.6 Å². The first-order chi connectivity index (χ1) is 11.4. The lowest BCUT2D eigenvalue weighted by molar-refractivity contribution is 0.428. The summed E-state index contributed by atoms with van der Waals surface area (Å²) in [6.07, 6.45) is 0. The molecule has 0 bridgehead atoms.